The van der Waals surface area contributed by atoms with Gasteiger partial charge in [-0.15, -0.1) is 0 Å². The Morgan fingerprint density at radius 3 is 2.50 bits per heavy atom. The number of rotatable bonds is 4. The van der Waals surface area contributed by atoms with Gasteiger partial charge in [0.1, 0.15) is 5.54 Å². The van der Waals surface area contributed by atoms with Crippen LogP contribution in [0.25, 0.3) is 0 Å². The fourth-order valence-electron chi connectivity index (χ4n) is 3.38. The molecule has 0 aromatic rings. The van der Waals surface area contributed by atoms with Crippen LogP contribution in [0.15, 0.2) is 0 Å². The van der Waals surface area contributed by atoms with Crippen molar-refractivity contribution in [2.24, 2.45) is 11.3 Å². The zero-order valence-electron chi connectivity index (χ0n) is 14.2. The Bertz CT molecular complexity index is 321. The summed E-state index contributed by atoms with van der Waals surface area (Å²) in [5, 5.41) is 3.57. The van der Waals surface area contributed by atoms with E-state index >= 15 is 0 Å². The molecule has 0 radical (unpaired) electrons. The van der Waals surface area contributed by atoms with Crippen molar-refractivity contribution in [2.45, 2.75) is 84.7 Å². The predicted molar refractivity (Wildman–Crippen MR) is 83.7 cm³/mol. The molecule has 1 fully saturated rings. The van der Waals surface area contributed by atoms with Gasteiger partial charge in [0.25, 0.3) is 0 Å². The SMILES string of the molecule is CCC(C)NC1(C(=O)OC)CCCC(C(C)(C)C)CC1. The van der Waals surface area contributed by atoms with Crippen molar-refractivity contribution in [3.05, 3.63) is 0 Å². The van der Waals surface area contributed by atoms with Crippen molar-refractivity contribution >= 4 is 5.97 Å². The van der Waals surface area contributed by atoms with Crippen molar-refractivity contribution in [1.82, 2.24) is 5.32 Å². The van der Waals surface area contributed by atoms with Crippen LogP contribution >= 0.6 is 0 Å². The van der Waals surface area contributed by atoms with E-state index < -0.39 is 5.54 Å². The number of hydrogen-bond acceptors (Lipinski definition) is 3. The lowest BCUT2D eigenvalue weighted by Crippen LogP contribution is -2.55. The van der Waals surface area contributed by atoms with Gasteiger partial charge >= 0.3 is 5.97 Å². The molecule has 0 bridgehead atoms. The van der Waals surface area contributed by atoms with Crippen LogP contribution in [0.2, 0.25) is 0 Å². The molecule has 3 atom stereocenters. The second-order valence-electron chi connectivity index (χ2n) is 7.52. The second kappa shape index (κ2) is 6.93. The van der Waals surface area contributed by atoms with Crippen molar-refractivity contribution in [3.8, 4) is 0 Å². The minimum absolute atomic E-state index is 0.0765. The maximum absolute atomic E-state index is 12.4. The smallest absolute Gasteiger partial charge is 0.326 e. The van der Waals surface area contributed by atoms with Crippen LogP contribution in [0.4, 0.5) is 0 Å². The molecule has 0 saturated heterocycles. The van der Waals surface area contributed by atoms with Crippen LogP contribution in [0.1, 0.15) is 73.1 Å². The molecule has 3 unspecified atom stereocenters. The van der Waals surface area contributed by atoms with E-state index in [0.29, 0.717) is 17.4 Å². The van der Waals surface area contributed by atoms with Crippen LogP contribution in [0, 0.1) is 11.3 Å². The number of methoxy groups -OCH3 is 1. The molecule has 3 heteroatoms. The first-order valence-corrected chi connectivity index (χ1v) is 8.11. The first kappa shape index (κ1) is 17.5. The molecule has 0 heterocycles. The Morgan fingerprint density at radius 2 is 2.00 bits per heavy atom. The molecular formula is C17H33NO2. The fourth-order valence-corrected chi connectivity index (χ4v) is 3.38. The van der Waals surface area contributed by atoms with Gasteiger partial charge in [-0.05, 0) is 50.4 Å². The maximum atomic E-state index is 12.4. The Kier molecular flexibility index (Phi) is 6.06. The van der Waals surface area contributed by atoms with E-state index in [4.69, 9.17) is 4.74 Å². The first-order chi connectivity index (χ1) is 9.25. The van der Waals surface area contributed by atoms with Crippen LogP contribution in [-0.4, -0.2) is 24.7 Å². The lowest BCUT2D eigenvalue weighted by atomic mass is 9.76. The largest absolute Gasteiger partial charge is 0.468 e. The van der Waals surface area contributed by atoms with Gasteiger partial charge in [-0.3, -0.25) is 10.1 Å². The Morgan fingerprint density at radius 1 is 1.35 bits per heavy atom. The lowest BCUT2D eigenvalue weighted by molar-refractivity contribution is -0.149. The molecule has 0 amide bonds. The highest BCUT2D eigenvalue weighted by molar-refractivity contribution is 5.80. The molecule has 3 nitrogen and oxygen atoms in total. The van der Waals surface area contributed by atoms with Gasteiger partial charge in [0.05, 0.1) is 7.11 Å². The Labute approximate surface area is 124 Å². The van der Waals surface area contributed by atoms with Gasteiger partial charge in [-0.25, -0.2) is 0 Å². The number of ether oxygens (including phenoxy) is 1. The first-order valence-electron chi connectivity index (χ1n) is 8.11. The van der Waals surface area contributed by atoms with Gasteiger partial charge in [0, 0.05) is 6.04 Å². The maximum Gasteiger partial charge on any atom is 0.326 e. The molecule has 0 aromatic heterocycles. The average molecular weight is 283 g/mol. The number of hydrogen-bond donors (Lipinski definition) is 1. The molecule has 1 saturated carbocycles. The number of esters is 1. The van der Waals surface area contributed by atoms with Crippen molar-refractivity contribution in [2.75, 3.05) is 7.11 Å². The Hall–Kier alpha value is -0.570. The minimum atomic E-state index is -0.468. The van der Waals surface area contributed by atoms with E-state index in [1.54, 1.807) is 0 Å². The summed E-state index contributed by atoms with van der Waals surface area (Å²) in [7, 11) is 1.51. The highest BCUT2D eigenvalue weighted by Gasteiger charge is 2.43. The van der Waals surface area contributed by atoms with Crippen molar-refractivity contribution < 1.29 is 9.53 Å². The van der Waals surface area contributed by atoms with Gasteiger partial charge < -0.3 is 4.74 Å². The van der Waals surface area contributed by atoms with Crippen LogP contribution in [0.5, 0.6) is 0 Å². The molecule has 0 aliphatic heterocycles. The zero-order valence-corrected chi connectivity index (χ0v) is 14.2. The van der Waals surface area contributed by atoms with E-state index in [-0.39, 0.29) is 5.97 Å². The van der Waals surface area contributed by atoms with E-state index in [2.05, 4.69) is 39.9 Å². The summed E-state index contributed by atoms with van der Waals surface area (Å²) >= 11 is 0. The summed E-state index contributed by atoms with van der Waals surface area (Å²) < 4.78 is 5.11. The van der Waals surface area contributed by atoms with Crippen molar-refractivity contribution in [3.63, 3.8) is 0 Å². The minimum Gasteiger partial charge on any atom is -0.468 e. The molecule has 1 aliphatic carbocycles. The second-order valence-corrected chi connectivity index (χ2v) is 7.52. The molecule has 118 valence electrons. The van der Waals surface area contributed by atoms with Gasteiger partial charge in [-0.1, -0.05) is 34.1 Å². The van der Waals surface area contributed by atoms with E-state index in [1.165, 1.54) is 13.5 Å². The summed E-state index contributed by atoms with van der Waals surface area (Å²) in [6.45, 7) is 11.2. The van der Waals surface area contributed by atoms with Gasteiger partial charge in [-0.2, -0.15) is 0 Å². The number of carbonyl (C=O) groups excluding carboxylic acids is 1. The van der Waals surface area contributed by atoms with Gasteiger partial charge in [0.2, 0.25) is 0 Å². The predicted octanol–water partition coefficient (Wildman–Crippen LogP) is 3.91. The monoisotopic (exact) mass is 283 g/mol. The quantitative estimate of drug-likeness (QED) is 0.628. The third kappa shape index (κ3) is 4.21. The fraction of sp³-hybridized carbons (Fsp3) is 0.941. The summed E-state index contributed by atoms with van der Waals surface area (Å²) in [5.74, 6) is 0.611. The molecule has 1 rings (SSSR count). The normalized spacial score (nSPS) is 29.6. The van der Waals surface area contributed by atoms with Gasteiger partial charge in [0.15, 0.2) is 0 Å². The third-order valence-corrected chi connectivity index (χ3v) is 5.01. The van der Waals surface area contributed by atoms with Crippen LogP contribution in [0.3, 0.4) is 0 Å². The summed E-state index contributed by atoms with van der Waals surface area (Å²) in [6, 6.07) is 0.347. The molecule has 0 spiro atoms. The molecule has 20 heavy (non-hydrogen) atoms. The summed E-state index contributed by atoms with van der Waals surface area (Å²) in [6.07, 6.45) is 6.23. The van der Waals surface area contributed by atoms with Crippen LogP contribution < -0.4 is 5.32 Å². The molecule has 0 aromatic carbocycles. The number of nitrogens with one attached hydrogen (secondary N) is 1. The highest BCUT2D eigenvalue weighted by atomic mass is 16.5. The van der Waals surface area contributed by atoms with Crippen molar-refractivity contribution in [1.29, 1.82) is 0 Å². The Balaban J connectivity index is 2.88. The lowest BCUT2D eigenvalue weighted by Gasteiger charge is -2.35. The standard InChI is InChI=1S/C17H33NO2/c1-7-13(2)18-17(15(19)20-6)11-8-9-14(10-12-17)16(3,4)5/h13-14,18H,7-12H2,1-6H3. The third-order valence-electron chi connectivity index (χ3n) is 5.01. The van der Waals surface area contributed by atoms with E-state index in [1.807, 2.05) is 0 Å². The summed E-state index contributed by atoms with van der Waals surface area (Å²) in [5.41, 5.74) is -0.146. The number of carbonyl (C=O) groups is 1. The van der Waals surface area contributed by atoms with E-state index in [9.17, 15) is 4.79 Å². The topological polar surface area (TPSA) is 38.3 Å². The molecule has 1 N–H and O–H groups in total. The molecule has 1 aliphatic rings. The van der Waals surface area contributed by atoms with E-state index in [0.717, 1.165) is 32.1 Å². The molecular weight excluding hydrogens is 250 g/mol. The zero-order chi connectivity index (χ0) is 15.4. The summed E-state index contributed by atoms with van der Waals surface area (Å²) in [4.78, 5) is 12.4. The average Bonchev–Trinajstić information content (AvgIpc) is 2.60. The highest BCUT2D eigenvalue weighted by Crippen LogP contribution is 2.40. The van der Waals surface area contributed by atoms with Crippen LogP contribution in [-0.2, 0) is 9.53 Å².